The van der Waals surface area contributed by atoms with Crippen LogP contribution in [0.4, 0.5) is 4.79 Å². The molecule has 1 fully saturated rings. The van der Waals surface area contributed by atoms with Gasteiger partial charge in [0, 0.05) is 38.1 Å². The van der Waals surface area contributed by atoms with E-state index in [2.05, 4.69) is 4.74 Å². The largest absolute Gasteiger partial charge is 0.453 e. The molecule has 2 amide bonds. The fourth-order valence-corrected chi connectivity index (χ4v) is 1.77. The molecule has 6 heteroatoms. The molecule has 0 bridgehead atoms. The molecule has 2 N–H and O–H groups in total. The number of piperazine rings is 1. The van der Waals surface area contributed by atoms with Crippen LogP contribution in [-0.2, 0) is 9.53 Å². The lowest BCUT2D eigenvalue weighted by atomic mass is 10.0. The SMILES string of the molecule is COC(=O)N1CCN(C(=O)CC(C)(C)N)CC1. The van der Waals surface area contributed by atoms with Gasteiger partial charge in [0.05, 0.1) is 7.11 Å². The zero-order chi connectivity index (χ0) is 13.1. The first-order valence-corrected chi connectivity index (χ1v) is 5.73. The Morgan fingerprint density at radius 1 is 1.18 bits per heavy atom. The van der Waals surface area contributed by atoms with Crippen molar-refractivity contribution in [3.63, 3.8) is 0 Å². The predicted octanol–water partition coefficient (Wildman–Crippen LogP) is 0.0244. The van der Waals surface area contributed by atoms with Crippen molar-refractivity contribution in [2.75, 3.05) is 33.3 Å². The van der Waals surface area contributed by atoms with E-state index in [1.54, 1.807) is 9.80 Å². The third kappa shape index (κ3) is 4.22. The fraction of sp³-hybridized carbons (Fsp3) is 0.818. The molecule has 98 valence electrons. The van der Waals surface area contributed by atoms with Gasteiger partial charge in [0.15, 0.2) is 0 Å². The van der Waals surface area contributed by atoms with Crippen molar-refractivity contribution in [2.45, 2.75) is 25.8 Å². The average Bonchev–Trinajstić information content (AvgIpc) is 2.26. The molecule has 0 saturated carbocycles. The Bertz CT molecular complexity index is 291. The highest BCUT2D eigenvalue weighted by Gasteiger charge is 2.26. The van der Waals surface area contributed by atoms with Gasteiger partial charge in [-0.15, -0.1) is 0 Å². The van der Waals surface area contributed by atoms with Crippen LogP contribution in [0.5, 0.6) is 0 Å². The van der Waals surface area contributed by atoms with E-state index < -0.39 is 5.54 Å². The standard InChI is InChI=1S/C11H21N3O3/c1-11(2,12)8-9(15)13-4-6-14(7-5-13)10(16)17-3/h4-8,12H2,1-3H3. The third-order valence-electron chi connectivity index (χ3n) is 2.67. The van der Waals surface area contributed by atoms with Crippen LogP contribution < -0.4 is 5.73 Å². The molecule has 0 spiro atoms. The Balaban J connectivity index is 2.42. The van der Waals surface area contributed by atoms with Crippen LogP contribution >= 0.6 is 0 Å². The topological polar surface area (TPSA) is 75.9 Å². The lowest BCUT2D eigenvalue weighted by molar-refractivity contribution is -0.133. The van der Waals surface area contributed by atoms with E-state index in [4.69, 9.17) is 5.73 Å². The lowest BCUT2D eigenvalue weighted by Crippen LogP contribution is -2.52. The molecule has 1 rings (SSSR count). The molecule has 0 unspecified atom stereocenters. The van der Waals surface area contributed by atoms with Crippen LogP contribution in [-0.4, -0.2) is 60.6 Å². The molecule has 0 atom stereocenters. The van der Waals surface area contributed by atoms with Crippen molar-refractivity contribution in [2.24, 2.45) is 5.73 Å². The van der Waals surface area contributed by atoms with Crippen molar-refractivity contribution in [3.05, 3.63) is 0 Å². The van der Waals surface area contributed by atoms with Crippen molar-refractivity contribution in [1.29, 1.82) is 0 Å². The number of hydrogen-bond donors (Lipinski definition) is 1. The zero-order valence-electron chi connectivity index (χ0n) is 10.7. The number of carbonyl (C=O) groups excluding carboxylic acids is 2. The zero-order valence-corrected chi connectivity index (χ0v) is 10.7. The maximum absolute atomic E-state index is 11.9. The number of amides is 2. The summed E-state index contributed by atoms with van der Waals surface area (Å²) in [5.41, 5.74) is 5.32. The normalized spacial score (nSPS) is 16.9. The van der Waals surface area contributed by atoms with E-state index in [1.807, 2.05) is 13.8 Å². The second kappa shape index (κ2) is 5.35. The highest BCUT2D eigenvalue weighted by molar-refractivity contribution is 5.77. The van der Waals surface area contributed by atoms with Crippen LogP contribution in [0.25, 0.3) is 0 Å². The van der Waals surface area contributed by atoms with Gasteiger partial charge in [0.1, 0.15) is 0 Å². The number of ether oxygens (including phenoxy) is 1. The van der Waals surface area contributed by atoms with Gasteiger partial charge in [0.25, 0.3) is 0 Å². The van der Waals surface area contributed by atoms with Gasteiger partial charge in [-0.2, -0.15) is 0 Å². The summed E-state index contributed by atoms with van der Waals surface area (Å²) in [4.78, 5) is 26.5. The minimum atomic E-state index is -0.490. The summed E-state index contributed by atoms with van der Waals surface area (Å²) in [6, 6.07) is 0. The summed E-state index contributed by atoms with van der Waals surface area (Å²) < 4.78 is 4.63. The fourth-order valence-electron chi connectivity index (χ4n) is 1.77. The van der Waals surface area contributed by atoms with Crippen LogP contribution in [0.1, 0.15) is 20.3 Å². The molecule has 1 saturated heterocycles. The monoisotopic (exact) mass is 243 g/mol. The molecule has 1 heterocycles. The maximum Gasteiger partial charge on any atom is 0.409 e. The number of methoxy groups -OCH3 is 1. The van der Waals surface area contributed by atoms with Crippen molar-refractivity contribution < 1.29 is 14.3 Å². The number of hydrogen-bond acceptors (Lipinski definition) is 4. The molecule has 0 aliphatic carbocycles. The second-order valence-electron chi connectivity index (χ2n) is 5.00. The number of carbonyl (C=O) groups is 2. The van der Waals surface area contributed by atoms with E-state index in [0.717, 1.165) is 0 Å². The quantitative estimate of drug-likeness (QED) is 0.742. The van der Waals surface area contributed by atoms with Crippen molar-refractivity contribution >= 4 is 12.0 Å². The average molecular weight is 243 g/mol. The molecule has 17 heavy (non-hydrogen) atoms. The van der Waals surface area contributed by atoms with Gasteiger partial charge in [-0.25, -0.2) is 4.79 Å². The smallest absolute Gasteiger partial charge is 0.409 e. The summed E-state index contributed by atoms with van der Waals surface area (Å²) in [5.74, 6) is 0.0435. The van der Waals surface area contributed by atoms with Gasteiger partial charge >= 0.3 is 6.09 Å². The van der Waals surface area contributed by atoms with Gasteiger partial charge in [-0.1, -0.05) is 0 Å². The van der Waals surface area contributed by atoms with Crippen LogP contribution in [0, 0.1) is 0 Å². The molecular weight excluding hydrogens is 222 g/mol. The Kier molecular flexibility index (Phi) is 4.34. The van der Waals surface area contributed by atoms with Gasteiger partial charge in [-0.3, -0.25) is 4.79 Å². The Hall–Kier alpha value is -1.30. The predicted molar refractivity (Wildman–Crippen MR) is 63.4 cm³/mol. The summed E-state index contributed by atoms with van der Waals surface area (Å²) >= 11 is 0. The minimum Gasteiger partial charge on any atom is -0.453 e. The first kappa shape index (κ1) is 13.8. The first-order chi connectivity index (χ1) is 7.83. The van der Waals surface area contributed by atoms with Gasteiger partial charge in [-0.05, 0) is 13.8 Å². The van der Waals surface area contributed by atoms with Crippen molar-refractivity contribution in [1.82, 2.24) is 9.80 Å². The third-order valence-corrected chi connectivity index (χ3v) is 2.67. The minimum absolute atomic E-state index is 0.0435. The van der Waals surface area contributed by atoms with E-state index >= 15 is 0 Å². The maximum atomic E-state index is 11.9. The number of nitrogens with zero attached hydrogens (tertiary/aromatic N) is 2. The second-order valence-corrected chi connectivity index (χ2v) is 5.00. The van der Waals surface area contributed by atoms with E-state index in [1.165, 1.54) is 7.11 Å². The highest BCUT2D eigenvalue weighted by Crippen LogP contribution is 2.10. The van der Waals surface area contributed by atoms with E-state index in [0.29, 0.717) is 32.6 Å². The van der Waals surface area contributed by atoms with Crippen molar-refractivity contribution in [3.8, 4) is 0 Å². The number of nitrogens with two attached hydrogens (primary N) is 1. The summed E-state index contributed by atoms with van der Waals surface area (Å²) in [7, 11) is 1.36. The van der Waals surface area contributed by atoms with Crippen LogP contribution in [0.15, 0.2) is 0 Å². The van der Waals surface area contributed by atoms with Crippen LogP contribution in [0.2, 0.25) is 0 Å². The molecule has 1 aliphatic rings. The first-order valence-electron chi connectivity index (χ1n) is 5.73. The summed E-state index contributed by atoms with van der Waals surface area (Å²) in [5, 5.41) is 0. The summed E-state index contributed by atoms with van der Waals surface area (Å²) in [6.07, 6.45) is -0.0122. The Labute approximate surface area is 102 Å². The van der Waals surface area contributed by atoms with Crippen LogP contribution in [0.3, 0.4) is 0 Å². The molecule has 0 aromatic heterocycles. The molecule has 6 nitrogen and oxygen atoms in total. The Morgan fingerprint density at radius 3 is 2.06 bits per heavy atom. The van der Waals surface area contributed by atoms with E-state index in [9.17, 15) is 9.59 Å². The molecule has 1 aliphatic heterocycles. The van der Waals surface area contributed by atoms with Gasteiger partial charge in [0.2, 0.25) is 5.91 Å². The summed E-state index contributed by atoms with van der Waals surface area (Å²) in [6.45, 7) is 5.78. The molecule has 0 radical (unpaired) electrons. The highest BCUT2D eigenvalue weighted by atomic mass is 16.5. The molecule has 0 aromatic carbocycles. The lowest BCUT2D eigenvalue weighted by Gasteiger charge is -2.35. The molecular formula is C11H21N3O3. The molecule has 0 aromatic rings. The van der Waals surface area contributed by atoms with E-state index in [-0.39, 0.29) is 12.0 Å². The number of rotatable bonds is 2. The van der Waals surface area contributed by atoms with Gasteiger partial charge < -0.3 is 20.3 Å². The Morgan fingerprint density at radius 2 is 1.65 bits per heavy atom.